The van der Waals surface area contributed by atoms with E-state index in [1.807, 2.05) is 37.3 Å². The van der Waals surface area contributed by atoms with Crippen LogP contribution in [-0.2, 0) is 11.4 Å². The van der Waals surface area contributed by atoms with Crippen molar-refractivity contribution in [3.05, 3.63) is 78.0 Å². The van der Waals surface area contributed by atoms with Gasteiger partial charge in [0.15, 0.2) is 17.4 Å². The van der Waals surface area contributed by atoms with Crippen LogP contribution >= 0.6 is 11.8 Å². The second-order valence-corrected chi connectivity index (χ2v) is 7.69. The van der Waals surface area contributed by atoms with Gasteiger partial charge in [0.1, 0.15) is 12.4 Å². The number of para-hydroxylation sites is 2. The van der Waals surface area contributed by atoms with E-state index in [9.17, 15) is 9.18 Å². The van der Waals surface area contributed by atoms with Gasteiger partial charge in [0.05, 0.1) is 17.1 Å². The summed E-state index contributed by atoms with van der Waals surface area (Å²) in [6.07, 6.45) is 0. The highest BCUT2D eigenvalue weighted by molar-refractivity contribution is 7.99. The topological polar surface area (TPSA) is 113 Å². The van der Waals surface area contributed by atoms with E-state index < -0.39 is 5.82 Å². The van der Waals surface area contributed by atoms with E-state index >= 15 is 0 Å². The fraction of sp³-hybridized carbons (Fsp3) is 0.143. The van der Waals surface area contributed by atoms with Crippen molar-refractivity contribution in [1.29, 1.82) is 0 Å². The Labute approximate surface area is 187 Å². The fourth-order valence-electron chi connectivity index (χ4n) is 2.87. The van der Waals surface area contributed by atoms with Gasteiger partial charge in [-0.1, -0.05) is 42.1 Å². The minimum absolute atomic E-state index is 0.0581. The van der Waals surface area contributed by atoms with Crippen LogP contribution in [0, 0.1) is 12.7 Å². The van der Waals surface area contributed by atoms with Crippen LogP contribution < -0.4 is 15.9 Å². The highest BCUT2D eigenvalue weighted by Gasteiger charge is 2.15. The number of carbonyl (C=O) groups is 1. The van der Waals surface area contributed by atoms with Crippen LogP contribution in [-0.4, -0.2) is 36.3 Å². The maximum absolute atomic E-state index is 13.7. The molecule has 0 aliphatic heterocycles. The smallest absolute Gasteiger partial charge is 0.236 e. The van der Waals surface area contributed by atoms with Crippen LogP contribution in [0.4, 0.5) is 10.2 Å². The van der Waals surface area contributed by atoms with Crippen LogP contribution in [0.3, 0.4) is 0 Å². The van der Waals surface area contributed by atoms with Crippen molar-refractivity contribution in [2.75, 3.05) is 16.9 Å². The molecule has 9 nitrogen and oxygen atoms in total. The van der Waals surface area contributed by atoms with Crippen molar-refractivity contribution in [3.63, 3.8) is 0 Å². The average Bonchev–Trinajstić information content (AvgIpc) is 3.34. The van der Waals surface area contributed by atoms with Crippen LogP contribution in [0.2, 0.25) is 0 Å². The van der Waals surface area contributed by atoms with Crippen molar-refractivity contribution in [1.82, 2.24) is 24.7 Å². The van der Waals surface area contributed by atoms with Gasteiger partial charge in [0.25, 0.3) is 0 Å². The largest absolute Gasteiger partial charge is 0.482 e. The van der Waals surface area contributed by atoms with Gasteiger partial charge in [-0.2, -0.15) is 5.10 Å². The molecule has 0 radical (unpaired) electrons. The molecule has 164 valence electrons. The molecule has 0 fully saturated rings. The highest BCUT2D eigenvalue weighted by Crippen LogP contribution is 2.20. The van der Waals surface area contributed by atoms with Gasteiger partial charge in [-0.3, -0.25) is 4.79 Å². The predicted octanol–water partition coefficient (Wildman–Crippen LogP) is 2.93. The molecule has 3 N–H and O–H groups in total. The number of nitrogens with zero attached hydrogens (tertiary/aromatic N) is 5. The molecule has 11 heteroatoms. The molecule has 1 amide bonds. The lowest BCUT2D eigenvalue weighted by Gasteiger charge is -2.09. The van der Waals surface area contributed by atoms with E-state index in [0.29, 0.717) is 16.8 Å². The zero-order chi connectivity index (χ0) is 22.5. The summed E-state index contributed by atoms with van der Waals surface area (Å²) in [5, 5.41) is 15.5. The number of aryl methyl sites for hydroxylation is 1. The Balaban J connectivity index is 1.36. The van der Waals surface area contributed by atoms with Gasteiger partial charge in [-0.15, -0.1) is 10.2 Å². The van der Waals surface area contributed by atoms with E-state index in [2.05, 4.69) is 20.6 Å². The molecule has 0 bridgehead atoms. The lowest BCUT2D eigenvalue weighted by molar-refractivity contribution is -0.113. The van der Waals surface area contributed by atoms with Crippen LogP contribution in [0.5, 0.6) is 5.75 Å². The number of carbonyl (C=O) groups excluding carboxylic acids is 1. The molecule has 0 unspecified atom stereocenters. The van der Waals surface area contributed by atoms with Gasteiger partial charge in [0, 0.05) is 6.07 Å². The third-order valence-electron chi connectivity index (χ3n) is 4.36. The molecule has 0 saturated carbocycles. The summed E-state index contributed by atoms with van der Waals surface area (Å²) in [6.45, 7) is 1.79. The second-order valence-electron chi connectivity index (χ2n) is 6.74. The molecule has 0 atom stereocenters. The van der Waals surface area contributed by atoms with Crippen LogP contribution in [0.25, 0.3) is 5.69 Å². The number of thioether (sulfide) groups is 1. The quantitative estimate of drug-likeness (QED) is 0.312. The molecule has 0 aliphatic rings. The molecule has 2 aromatic carbocycles. The average molecular weight is 454 g/mol. The minimum Gasteiger partial charge on any atom is -0.482 e. The standard InChI is InChI=1S/C21H20FN7O2S/c1-14-11-18(29(27-14)15-7-3-2-4-8-15)24-20(30)13-32-21-26-25-19(28(21)23)12-31-17-10-6-5-9-16(17)22/h2-11H,12-13,23H2,1H3,(H,24,30). The number of benzene rings is 2. The summed E-state index contributed by atoms with van der Waals surface area (Å²) < 4.78 is 22.0. The Morgan fingerprint density at radius 2 is 1.91 bits per heavy atom. The maximum atomic E-state index is 13.7. The van der Waals surface area contributed by atoms with Crippen LogP contribution in [0.1, 0.15) is 11.5 Å². The first-order valence-corrected chi connectivity index (χ1v) is 10.6. The number of rotatable bonds is 8. The minimum atomic E-state index is -0.480. The molecule has 0 aliphatic carbocycles. The zero-order valence-corrected chi connectivity index (χ0v) is 17.9. The van der Waals surface area contributed by atoms with E-state index in [0.717, 1.165) is 23.1 Å². The SMILES string of the molecule is Cc1cc(NC(=O)CSc2nnc(COc3ccccc3F)n2N)n(-c2ccccc2)n1. The summed E-state index contributed by atoms with van der Waals surface area (Å²) in [5.74, 6) is 6.28. The highest BCUT2D eigenvalue weighted by atomic mass is 32.2. The van der Waals surface area contributed by atoms with Gasteiger partial charge in [-0.25, -0.2) is 13.7 Å². The fourth-order valence-corrected chi connectivity index (χ4v) is 3.55. The van der Waals surface area contributed by atoms with E-state index in [1.54, 1.807) is 22.9 Å². The molecular formula is C21H20FN7O2S. The Morgan fingerprint density at radius 1 is 1.16 bits per heavy atom. The molecule has 4 aromatic rings. The number of nitrogens with one attached hydrogen (secondary N) is 1. The monoisotopic (exact) mass is 453 g/mol. The Kier molecular flexibility index (Phi) is 6.36. The molecule has 0 spiro atoms. The molecule has 0 saturated heterocycles. The third kappa shape index (κ3) is 4.89. The summed E-state index contributed by atoms with van der Waals surface area (Å²) >= 11 is 1.12. The first-order chi connectivity index (χ1) is 15.5. The van der Waals surface area contributed by atoms with Gasteiger partial charge < -0.3 is 15.9 Å². The maximum Gasteiger partial charge on any atom is 0.236 e. The number of nitrogens with two attached hydrogens (primary N) is 1. The van der Waals surface area contributed by atoms with Crippen molar-refractivity contribution in [2.24, 2.45) is 0 Å². The Morgan fingerprint density at radius 3 is 2.69 bits per heavy atom. The van der Waals surface area contributed by atoms with Crippen LogP contribution in [0.15, 0.2) is 65.8 Å². The van der Waals surface area contributed by atoms with E-state index in [4.69, 9.17) is 10.6 Å². The predicted molar refractivity (Wildman–Crippen MR) is 119 cm³/mol. The number of aromatic nitrogens is 5. The first-order valence-electron chi connectivity index (χ1n) is 9.62. The summed E-state index contributed by atoms with van der Waals surface area (Å²) in [4.78, 5) is 12.5. The van der Waals surface area contributed by atoms with Crippen molar-refractivity contribution < 1.29 is 13.9 Å². The number of hydrogen-bond acceptors (Lipinski definition) is 7. The first kappa shape index (κ1) is 21.4. The van der Waals surface area contributed by atoms with Crippen molar-refractivity contribution in [2.45, 2.75) is 18.7 Å². The number of halogens is 1. The second kappa shape index (κ2) is 9.52. The summed E-state index contributed by atoms with van der Waals surface area (Å²) in [6, 6.07) is 17.3. The van der Waals surface area contributed by atoms with Crippen molar-refractivity contribution >= 4 is 23.5 Å². The van der Waals surface area contributed by atoms with Gasteiger partial charge in [0.2, 0.25) is 11.1 Å². The van der Waals surface area contributed by atoms with Gasteiger partial charge >= 0.3 is 0 Å². The third-order valence-corrected chi connectivity index (χ3v) is 5.30. The molecule has 4 rings (SSSR count). The van der Waals surface area contributed by atoms with Gasteiger partial charge in [-0.05, 0) is 31.2 Å². The van der Waals surface area contributed by atoms with E-state index in [-0.39, 0.29) is 24.0 Å². The molecule has 32 heavy (non-hydrogen) atoms. The zero-order valence-electron chi connectivity index (χ0n) is 17.1. The molecule has 2 aromatic heterocycles. The Bertz CT molecular complexity index is 1230. The summed E-state index contributed by atoms with van der Waals surface area (Å²) in [7, 11) is 0. The number of ether oxygens (including phenoxy) is 1. The number of anilines is 1. The molecular weight excluding hydrogens is 433 g/mol. The lowest BCUT2D eigenvalue weighted by Crippen LogP contribution is -2.19. The summed E-state index contributed by atoms with van der Waals surface area (Å²) in [5.41, 5.74) is 1.61. The number of hydrogen-bond donors (Lipinski definition) is 2. The van der Waals surface area contributed by atoms with E-state index in [1.165, 1.54) is 16.8 Å². The normalized spacial score (nSPS) is 10.8. The lowest BCUT2D eigenvalue weighted by atomic mass is 10.3. The molecule has 2 heterocycles. The number of nitrogen functional groups attached to an aromatic ring is 1. The Hall–Kier alpha value is -3.86. The number of amides is 1. The van der Waals surface area contributed by atoms with Crippen molar-refractivity contribution in [3.8, 4) is 11.4 Å².